The minimum atomic E-state index is -0.127. The Morgan fingerprint density at radius 1 is 1.24 bits per heavy atom. The van der Waals surface area contributed by atoms with E-state index in [0.29, 0.717) is 28.2 Å². The second-order valence-electron chi connectivity index (χ2n) is 5.11. The van der Waals surface area contributed by atoms with Crippen LogP contribution in [0.25, 0.3) is 11.5 Å². The van der Waals surface area contributed by atoms with Gasteiger partial charge >= 0.3 is 0 Å². The van der Waals surface area contributed by atoms with Crippen molar-refractivity contribution in [2.75, 3.05) is 11.1 Å². The van der Waals surface area contributed by atoms with Gasteiger partial charge in [-0.2, -0.15) is 0 Å². The highest BCUT2D eigenvalue weighted by atomic mass is 35.5. The zero-order chi connectivity index (χ0) is 17.6. The summed E-state index contributed by atoms with van der Waals surface area (Å²) in [5.74, 6) is 0.797. The van der Waals surface area contributed by atoms with E-state index in [2.05, 4.69) is 20.5 Å². The molecule has 0 fully saturated rings. The monoisotopic (exact) mass is 373 g/mol. The Labute approximate surface area is 154 Å². The van der Waals surface area contributed by atoms with Crippen molar-refractivity contribution in [1.29, 1.82) is 0 Å². The maximum Gasteiger partial charge on any atom is 0.234 e. The summed E-state index contributed by atoms with van der Waals surface area (Å²) in [5, 5.41) is 12.5. The summed E-state index contributed by atoms with van der Waals surface area (Å²) >= 11 is 7.25. The van der Waals surface area contributed by atoms with Crippen LogP contribution in [-0.2, 0) is 11.3 Å². The third-order valence-corrected chi connectivity index (χ3v) is 4.57. The zero-order valence-corrected chi connectivity index (χ0v) is 15.1. The number of carbonyl (C=O) groups excluding carboxylic acids is 1. The van der Waals surface area contributed by atoms with E-state index in [1.165, 1.54) is 11.8 Å². The molecule has 1 N–H and O–H groups in total. The highest BCUT2D eigenvalue weighted by Gasteiger charge is 2.15. The SMILES string of the molecule is CCn1c(SCC(=O)Nc2cccc(Cl)c2)nnc1-c1ccccn1. The molecule has 2 aromatic heterocycles. The first-order valence-corrected chi connectivity index (χ1v) is 9.06. The van der Waals surface area contributed by atoms with E-state index < -0.39 is 0 Å². The molecule has 1 amide bonds. The number of benzene rings is 1. The van der Waals surface area contributed by atoms with Gasteiger partial charge < -0.3 is 9.88 Å². The number of pyridine rings is 1. The third-order valence-electron chi connectivity index (χ3n) is 3.37. The van der Waals surface area contributed by atoms with Crippen LogP contribution in [0.2, 0.25) is 5.02 Å². The minimum Gasteiger partial charge on any atom is -0.325 e. The molecule has 1 aromatic carbocycles. The molecule has 128 valence electrons. The van der Waals surface area contributed by atoms with Crippen molar-refractivity contribution in [2.45, 2.75) is 18.6 Å². The lowest BCUT2D eigenvalue weighted by Crippen LogP contribution is -2.14. The average molecular weight is 374 g/mol. The molecule has 2 heterocycles. The number of rotatable bonds is 6. The zero-order valence-electron chi connectivity index (χ0n) is 13.5. The van der Waals surface area contributed by atoms with Crippen LogP contribution in [0.15, 0.2) is 53.8 Å². The molecule has 0 aliphatic carbocycles. The first-order chi connectivity index (χ1) is 12.2. The molecule has 0 radical (unpaired) electrons. The van der Waals surface area contributed by atoms with Crippen LogP contribution in [0.4, 0.5) is 5.69 Å². The van der Waals surface area contributed by atoms with Gasteiger partial charge in [-0.05, 0) is 37.3 Å². The highest BCUT2D eigenvalue weighted by Crippen LogP contribution is 2.23. The fraction of sp³-hybridized carbons (Fsp3) is 0.176. The molecule has 0 spiro atoms. The lowest BCUT2D eigenvalue weighted by Gasteiger charge is -2.07. The number of hydrogen-bond donors (Lipinski definition) is 1. The van der Waals surface area contributed by atoms with E-state index in [1.807, 2.05) is 29.7 Å². The molecular weight excluding hydrogens is 358 g/mol. The number of nitrogens with one attached hydrogen (secondary N) is 1. The van der Waals surface area contributed by atoms with E-state index in [-0.39, 0.29) is 11.7 Å². The number of anilines is 1. The number of nitrogens with zero attached hydrogens (tertiary/aromatic N) is 4. The number of thioether (sulfide) groups is 1. The predicted molar refractivity (Wildman–Crippen MR) is 99.7 cm³/mol. The van der Waals surface area contributed by atoms with Gasteiger partial charge in [0.2, 0.25) is 5.91 Å². The van der Waals surface area contributed by atoms with Crippen LogP contribution in [0.5, 0.6) is 0 Å². The highest BCUT2D eigenvalue weighted by molar-refractivity contribution is 7.99. The number of carbonyl (C=O) groups is 1. The van der Waals surface area contributed by atoms with Crippen LogP contribution in [0, 0.1) is 0 Å². The fourth-order valence-corrected chi connectivity index (χ4v) is 3.25. The Morgan fingerprint density at radius 2 is 2.12 bits per heavy atom. The second kappa shape index (κ2) is 8.13. The smallest absolute Gasteiger partial charge is 0.234 e. The van der Waals surface area contributed by atoms with Crippen LogP contribution in [-0.4, -0.2) is 31.4 Å². The maximum atomic E-state index is 12.1. The summed E-state index contributed by atoms with van der Waals surface area (Å²) < 4.78 is 1.94. The molecule has 0 bridgehead atoms. The van der Waals surface area contributed by atoms with Gasteiger partial charge in [0.25, 0.3) is 0 Å². The van der Waals surface area contributed by atoms with Gasteiger partial charge in [0.1, 0.15) is 5.69 Å². The number of aromatic nitrogens is 4. The van der Waals surface area contributed by atoms with Crippen LogP contribution < -0.4 is 5.32 Å². The van der Waals surface area contributed by atoms with Gasteiger partial charge in [-0.25, -0.2) is 0 Å². The number of amides is 1. The van der Waals surface area contributed by atoms with Gasteiger partial charge in [-0.3, -0.25) is 9.78 Å². The Bertz CT molecular complexity index is 868. The molecule has 6 nitrogen and oxygen atoms in total. The summed E-state index contributed by atoms with van der Waals surface area (Å²) in [6.45, 7) is 2.70. The molecule has 3 rings (SSSR count). The molecule has 3 aromatic rings. The summed E-state index contributed by atoms with van der Waals surface area (Å²) in [5.41, 5.74) is 1.43. The largest absolute Gasteiger partial charge is 0.325 e. The summed E-state index contributed by atoms with van der Waals surface area (Å²) in [6.07, 6.45) is 1.72. The maximum absolute atomic E-state index is 12.1. The molecule has 0 unspecified atom stereocenters. The molecule has 8 heteroatoms. The summed E-state index contributed by atoms with van der Waals surface area (Å²) in [7, 11) is 0. The van der Waals surface area contributed by atoms with E-state index in [9.17, 15) is 4.79 Å². The van der Waals surface area contributed by atoms with Gasteiger partial charge in [0.15, 0.2) is 11.0 Å². The first kappa shape index (κ1) is 17.4. The van der Waals surface area contributed by atoms with Gasteiger partial charge in [0, 0.05) is 23.5 Å². The van der Waals surface area contributed by atoms with Crippen molar-refractivity contribution in [1.82, 2.24) is 19.7 Å². The second-order valence-corrected chi connectivity index (χ2v) is 6.49. The van der Waals surface area contributed by atoms with Crippen molar-refractivity contribution in [2.24, 2.45) is 0 Å². The topological polar surface area (TPSA) is 72.7 Å². The van der Waals surface area contributed by atoms with Crippen molar-refractivity contribution in [3.63, 3.8) is 0 Å². The summed E-state index contributed by atoms with van der Waals surface area (Å²) in [4.78, 5) is 16.4. The first-order valence-electron chi connectivity index (χ1n) is 7.70. The van der Waals surface area contributed by atoms with Crippen LogP contribution >= 0.6 is 23.4 Å². The standard InChI is InChI=1S/C17H16ClN5OS/c1-2-23-16(14-8-3-4-9-19-14)21-22-17(23)25-11-15(24)20-13-7-5-6-12(18)10-13/h3-10H,2,11H2,1H3,(H,20,24). The van der Waals surface area contributed by atoms with E-state index >= 15 is 0 Å². The third kappa shape index (κ3) is 4.37. The van der Waals surface area contributed by atoms with Gasteiger partial charge in [-0.15, -0.1) is 10.2 Å². The Morgan fingerprint density at radius 3 is 2.84 bits per heavy atom. The molecule has 0 saturated heterocycles. The molecule has 0 saturated carbocycles. The molecule has 0 aliphatic rings. The predicted octanol–water partition coefficient (Wildman–Crippen LogP) is 3.74. The summed E-state index contributed by atoms with van der Waals surface area (Å²) in [6, 6.07) is 12.7. The fourth-order valence-electron chi connectivity index (χ4n) is 2.26. The number of halogens is 1. The normalized spacial score (nSPS) is 10.6. The van der Waals surface area contributed by atoms with E-state index in [4.69, 9.17) is 11.6 Å². The van der Waals surface area contributed by atoms with Crippen molar-refractivity contribution in [3.8, 4) is 11.5 Å². The van der Waals surface area contributed by atoms with Crippen molar-refractivity contribution >= 4 is 35.0 Å². The average Bonchev–Trinajstić information content (AvgIpc) is 3.03. The number of hydrogen-bond acceptors (Lipinski definition) is 5. The molecule has 25 heavy (non-hydrogen) atoms. The Hall–Kier alpha value is -2.38. The Kier molecular flexibility index (Phi) is 5.67. The minimum absolute atomic E-state index is 0.127. The van der Waals surface area contributed by atoms with Gasteiger partial charge in [-0.1, -0.05) is 35.5 Å². The quantitative estimate of drug-likeness (QED) is 0.666. The lowest BCUT2D eigenvalue weighted by atomic mass is 10.3. The van der Waals surface area contributed by atoms with Crippen LogP contribution in [0.1, 0.15) is 6.92 Å². The van der Waals surface area contributed by atoms with Gasteiger partial charge in [0.05, 0.1) is 5.75 Å². The molecular formula is C17H16ClN5OS. The molecule has 0 aliphatic heterocycles. The molecule has 0 atom stereocenters. The lowest BCUT2D eigenvalue weighted by molar-refractivity contribution is -0.113. The Balaban J connectivity index is 1.67. The van der Waals surface area contributed by atoms with Crippen molar-refractivity contribution < 1.29 is 4.79 Å². The van der Waals surface area contributed by atoms with Crippen LogP contribution in [0.3, 0.4) is 0 Å². The van der Waals surface area contributed by atoms with E-state index in [0.717, 1.165) is 5.69 Å². The van der Waals surface area contributed by atoms with Crippen molar-refractivity contribution in [3.05, 3.63) is 53.7 Å². The van der Waals surface area contributed by atoms with E-state index in [1.54, 1.807) is 30.5 Å².